The number of rotatable bonds is 9. The fourth-order valence-corrected chi connectivity index (χ4v) is 2.52. The minimum atomic E-state index is 0.528. The molecular formula is C16H29N3S. The van der Waals surface area contributed by atoms with E-state index >= 15 is 0 Å². The van der Waals surface area contributed by atoms with Crippen molar-refractivity contribution in [2.45, 2.75) is 39.8 Å². The van der Waals surface area contributed by atoms with E-state index in [0.717, 1.165) is 18.9 Å². The van der Waals surface area contributed by atoms with Crippen LogP contribution in [0, 0.1) is 5.92 Å². The molecule has 20 heavy (non-hydrogen) atoms. The quantitative estimate of drug-likeness (QED) is 0.756. The molecule has 0 spiro atoms. The first kappa shape index (κ1) is 17.3. The van der Waals surface area contributed by atoms with Gasteiger partial charge in [0.15, 0.2) is 0 Å². The van der Waals surface area contributed by atoms with E-state index < -0.39 is 0 Å². The summed E-state index contributed by atoms with van der Waals surface area (Å²) in [4.78, 5) is 6.85. The van der Waals surface area contributed by atoms with E-state index in [9.17, 15) is 0 Å². The Hall–Kier alpha value is -0.740. The molecule has 1 aromatic rings. The summed E-state index contributed by atoms with van der Waals surface area (Å²) in [6.45, 7) is 8.65. The van der Waals surface area contributed by atoms with E-state index in [-0.39, 0.29) is 0 Å². The molecule has 1 atom stereocenters. The summed E-state index contributed by atoms with van der Waals surface area (Å²) in [6, 6.07) is 4.83. The Kier molecular flexibility index (Phi) is 8.00. The van der Waals surface area contributed by atoms with Gasteiger partial charge in [-0.2, -0.15) is 11.8 Å². The average molecular weight is 295 g/mol. The van der Waals surface area contributed by atoms with Crippen LogP contribution in [0.25, 0.3) is 0 Å². The zero-order valence-electron chi connectivity index (χ0n) is 13.5. The summed E-state index contributed by atoms with van der Waals surface area (Å²) in [5.74, 6) is 2.94. The summed E-state index contributed by atoms with van der Waals surface area (Å²) in [6.07, 6.45) is 5.33. The van der Waals surface area contributed by atoms with Gasteiger partial charge in [0, 0.05) is 25.8 Å². The standard InChI is InChI=1S/C16H29N3S/c1-13(2)10-17-11-15-6-7-16(18-12-15)19(4)14(3)8-9-20-5/h6-7,12-14,17H,8-11H2,1-5H3. The second kappa shape index (κ2) is 9.24. The van der Waals surface area contributed by atoms with E-state index in [2.05, 4.69) is 61.4 Å². The van der Waals surface area contributed by atoms with Gasteiger partial charge in [0.2, 0.25) is 0 Å². The molecule has 0 amide bonds. The van der Waals surface area contributed by atoms with Crippen LogP contribution in [0.4, 0.5) is 5.82 Å². The fourth-order valence-electron chi connectivity index (χ4n) is 1.94. The highest BCUT2D eigenvalue weighted by atomic mass is 32.2. The van der Waals surface area contributed by atoms with E-state index in [0.29, 0.717) is 12.0 Å². The van der Waals surface area contributed by atoms with Crippen molar-refractivity contribution in [2.24, 2.45) is 5.92 Å². The Morgan fingerprint density at radius 3 is 2.60 bits per heavy atom. The van der Waals surface area contributed by atoms with Crippen LogP contribution in [0.2, 0.25) is 0 Å². The predicted molar refractivity (Wildman–Crippen MR) is 91.6 cm³/mol. The van der Waals surface area contributed by atoms with Gasteiger partial charge >= 0.3 is 0 Å². The monoisotopic (exact) mass is 295 g/mol. The molecule has 0 radical (unpaired) electrons. The lowest BCUT2D eigenvalue weighted by Gasteiger charge is -2.26. The average Bonchev–Trinajstić information content (AvgIpc) is 2.44. The highest BCUT2D eigenvalue weighted by molar-refractivity contribution is 7.98. The molecule has 0 aromatic carbocycles. The first-order valence-corrected chi connectivity index (χ1v) is 8.81. The molecule has 0 saturated carbocycles. The van der Waals surface area contributed by atoms with Gasteiger partial charge in [-0.1, -0.05) is 19.9 Å². The first-order valence-electron chi connectivity index (χ1n) is 7.42. The minimum absolute atomic E-state index is 0.528. The minimum Gasteiger partial charge on any atom is -0.357 e. The Balaban J connectivity index is 2.48. The third kappa shape index (κ3) is 6.14. The lowest BCUT2D eigenvalue weighted by atomic mass is 10.2. The van der Waals surface area contributed by atoms with Gasteiger partial charge in [-0.3, -0.25) is 0 Å². The number of thioether (sulfide) groups is 1. The van der Waals surface area contributed by atoms with Gasteiger partial charge in [-0.05, 0) is 49.4 Å². The van der Waals surface area contributed by atoms with Gasteiger partial charge < -0.3 is 10.2 Å². The zero-order valence-corrected chi connectivity index (χ0v) is 14.3. The lowest BCUT2D eigenvalue weighted by Crippen LogP contribution is -2.30. The topological polar surface area (TPSA) is 28.2 Å². The SMILES string of the molecule is CSCCC(C)N(C)c1ccc(CNCC(C)C)cn1. The van der Waals surface area contributed by atoms with Crippen LogP contribution in [0.1, 0.15) is 32.8 Å². The molecule has 1 aromatic heterocycles. The number of hydrogen-bond donors (Lipinski definition) is 1. The molecule has 3 nitrogen and oxygen atoms in total. The molecule has 1 unspecified atom stereocenters. The zero-order chi connectivity index (χ0) is 15.0. The molecule has 1 N–H and O–H groups in total. The molecule has 0 fully saturated rings. The number of nitrogens with zero attached hydrogens (tertiary/aromatic N) is 2. The predicted octanol–water partition coefficient (Wildman–Crippen LogP) is 3.41. The van der Waals surface area contributed by atoms with Crippen LogP contribution in [0.3, 0.4) is 0 Å². The second-order valence-electron chi connectivity index (χ2n) is 5.79. The van der Waals surface area contributed by atoms with Gasteiger partial charge in [0.05, 0.1) is 0 Å². The maximum absolute atomic E-state index is 4.58. The van der Waals surface area contributed by atoms with Gasteiger partial charge in [0.25, 0.3) is 0 Å². The number of aromatic nitrogens is 1. The van der Waals surface area contributed by atoms with Crippen molar-refractivity contribution in [1.82, 2.24) is 10.3 Å². The highest BCUT2D eigenvalue weighted by Crippen LogP contribution is 2.15. The summed E-state index contributed by atoms with van der Waals surface area (Å²) < 4.78 is 0. The Morgan fingerprint density at radius 1 is 1.30 bits per heavy atom. The summed E-state index contributed by atoms with van der Waals surface area (Å²) >= 11 is 1.90. The van der Waals surface area contributed by atoms with Crippen LogP contribution < -0.4 is 10.2 Å². The highest BCUT2D eigenvalue weighted by Gasteiger charge is 2.10. The van der Waals surface area contributed by atoms with Crippen molar-refractivity contribution >= 4 is 17.6 Å². The van der Waals surface area contributed by atoms with Crippen LogP contribution in [-0.4, -0.2) is 36.6 Å². The van der Waals surface area contributed by atoms with Crippen LogP contribution >= 0.6 is 11.8 Å². The normalized spacial score (nSPS) is 12.7. The molecular weight excluding hydrogens is 266 g/mol. The second-order valence-corrected chi connectivity index (χ2v) is 6.78. The molecule has 0 bridgehead atoms. The van der Waals surface area contributed by atoms with Crippen molar-refractivity contribution in [3.05, 3.63) is 23.9 Å². The number of pyridine rings is 1. The number of anilines is 1. The summed E-state index contributed by atoms with van der Waals surface area (Å²) in [5, 5.41) is 3.44. The third-order valence-corrected chi connectivity index (χ3v) is 4.10. The molecule has 0 aliphatic heterocycles. The van der Waals surface area contributed by atoms with Crippen molar-refractivity contribution in [1.29, 1.82) is 0 Å². The molecule has 0 saturated heterocycles. The van der Waals surface area contributed by atoms with Crippen molar-refractivity contribution in [3.8, 4) is 0 Å². The number of hydrogen-bond acceptors (Lipinski definition) is 4. The number of nitrogens with one attached hydrogen (secondary N) is 1. The van der Waals surface area contributed by atoms with E-state index in [1.54, 1.807) is 0 Å². The molecule has 114 valence electrons. The van der Waals surface area contributed by atoms with Crippen molar-refractivity contribution in [3.63, 3.8) is 0 Å². The van der Waals surface area contributed by atoms with Gasteiger partial charge in [0.1, 0.15) is 5.82 Å². The van der Waals surface area contributed by atoms with Crippen LogP contribution in [0.15, 0.2) is 18.3 Å². The largest absolute Gasteiger partial charge is 0.357 e. The van der Waals surface area contributed by atoms with Crippen LogP contribution in [-0.2, 0) is 6.54 Å². The Bertz CT molecular complexity index is 364. The Morgan fingerprint density at radius 2 is 2.05 bits per heavy atom. The molecule has 1 rings (SSSR count). The van der Waals surface area contributed by atoms with Crippen molar-refractivity contribution in [2.75, 3.05) is 30.5 Å². The molecule has 0 aliphatic carbocycles. The first-order chi connectivity index (χ1) is 9.54. The van der Waals surface area contributed by atoms with E-state index in [1.807, 2.05) is 18.0 Å². The molecule has 4 heteroatoms. The summed E-state index contributed by atoms with van der Waals surface area (Å²) in [7, 11) is 2.13. The van der Waals surface area contributed by atoms with E-state index in [4.69, 9.17) is 0 Å². The van der Waals surface area contributed by atoms with Crippen molar-refractivity contribution < 1.29 is 0 Å². The van der Waals surface area contributed by atoms with E-state index in [1.165, 1.54) is 17.7 Å². The summed E-state index contributed by atoms with van der Waals surface area (Å²) in [5.41, 5.74) is 1.25. The van der Waals surface area contributed by atoms with Gasteiger partial charge in [-0.15, -0.1) is 0 Å². The van der Waals surface area contributed by atoms with Crippen LogP contribution in [0.5, 0.6) is 0 Å². The lowest BCUT2D eigenvalue weighted by molar-refractivity contribution is 0.552. The smallest absolute Gasteiger partial charge is 0.128 e. The fraction of sp³-hybridized carbons (Fsp3) is 0.688. The van der Waals surface area contributed by atoms with Gasteiger partial charge in [-0.25, -0.2) is 4.98 Å². The molecule has 0 aliphatic rings. The Labute approximate surface area is 128 Å². The maximum Gasteiger partial charge on any atom is 0.128 e. The molecule has 1 heterocycles. The third-order valence-electron chi connectivity index (χ3n) is 3.45. The maximum atomic E-state index is 4.58.